The van der Waals surface area contributed by atoms with Crippen LogP contribution < -0.4 is 4.90 Å². The van der Waals surface area contributed by atoms with Gasteiger partial charge in [0.1, 0.15) is 11.2 Å². The minimum absolute atomic E-state index is 0.262. The van der Waals surface area contributed by atoms with Crippen molar-refractivity contribution in [1.82, 2.24) is 29.4 Å². The Bertz CT molecular complexity index is 1110. The van der Waals surface area contributed by atoms with E-state index in [1.165, 1.54) is 11.4 Å². The molecule has 1 atom stereocenters. The topological polar surface area (TPSA) is 76.3 Å². The van der Waals surface area contributed by atoms with Gasteiger partial charge in [0, 0.05) is 30.2 Å². The van der Waals surface area contributed by atoms with Crippen LogP contribution in [0.5, 0.6) is 0 Å². The number of fused-ring (bicyclic) bond motifs is 1. The van der Waals surface area contributed by atoms with E-state index in [4.69, 9.17) is 9.84 Å². The van der Waals surface area contributed by atoms with Crippen LogP contribution in [0.25, 0.3) is 22.7 Å². The summed E-state index contributed by atoms with van der Waals surface area (Å²) in [4.78, 5) is 6.95. The summed E-state index contributed by atoms with van der Waals surface area (Å²) in [7, 11) is 0. The molecular formula is C20H23N7O. The number of anilines is 1. The zero-order valence-electron chi connectivity index (χ0n) is 16.3. The van der Waals surface area contributed by atoms with Crippen LogP contribution in [0.2, 0.25) is 0 Å². The van der Waals surface area contributed by atoms with Gasteiger partial charge in [-0.05, 0) is 39.0 Å². The van der Waals surface area contributed by atoms with Gasteiger partial charge < -0.3 is 14.2 Å². The molecule has 5 rings (SSSR count). The summed E-state index contributed by atoms with van der Waals surface area (Å²) < 4.78 is 9.79. The molecule has 28 heavy (non-hydrogen) atoms. The van der Waals surface area contributed by atoms with E-state index in [0.717, 1.165) is 35.1 Å². The number of nitrogens with zero attached hydrogens (tertiary/aromatic N) is 6. The molecule has 1 aliphatic rings. The molecule has 1 aliphatic heterocycles. The zero-order valence-corrected chi connectivity index (χ0v) is 16.3. The Morgan fingerprint density at radius 2 is 2.00 bits per heavy atom. The van der Waals surface area contributed by atoms with Gasteiger partial charge in [-0.3, -0.25) is 5.10 Å². The molecule has 1 N–H and O–H groups in total. The Balaban J connectivity index is 1.78. The van der Waals surface area contributed by atoms with Crippen LogP contribution in [0.15, 0.2) is 36.7 Å². The molecule has 1 saturated heterocycles. The van der Waals surface area contributed by atoms with Gasteiger partial charge in [-0.1, -0.05) is 0 Å². The first-order valence-corrected chi connectivity index (χ1v) is 9.51. The predicted octanol–water partition coefficient (Wildman–Crippen LogP) is 2.75. The first kappa shape index (κ1) is 17.0. The Labute approximate surface area is 162 Å². The van der Waals surface area contributed by atoms with Crippen LogP contribution in [-0.4, -0.2) is 55.2 Å². The minimum Gasteiger partial charge on any atom is -0.377 e. The van der Waals surface area contributed by atoms with Crippen LogP contribution in [0.1, 0.15) is 18.3 Å². The van der Waals surface area contributed by atoms with Crippen molar-refractivity contribution in [3.63, 3.8) is 0 Å². The van der Waals surface area contributed by atoms with Crippen molar-refractivity contribution >= 4 is 11.3 Å². The van der Waals surface area contributed by atoms with Crippen LogP contribution in [0, 0.1) is 13.8 Å². The molecule has 5 heterocycles. The minimum atomic E-state index is 0.262. The maximum absolute atomic E-state index is 5.62. The van der Waals surface area contributed by atoms with Gasteiger partial charge in [-0.15, -0.1) is 5.10 Å². The summed E-state index contributed by atoms with van der Waals surface area (Å²) in [5, 5.41) is 12.0. The van der Waals surface area contributed by atoms with Gasteiger partial charge in [-0.2, -0.15) is 5.10 Å². The average Bonchev–Trinajstić information content (AvgIpc) is 3.42. The van der Waals surface area contributed by atoms with E-state index in [0.29, 0.717) is 13.2 Å². The molecule has 0 aliphatic carbocycles. The van der Waals surface area contributed by atoms with Crippen LogP contribution in [0.4, 0.5) is 5.82 Å². The van der Waals surface area contributed by atoms with Crippen molar-refractivity contribution in [2.45, 2.75) is 26.8 Å². The molecule has 1 unspecified atom stereocenters. The van der Waals surface area contributed by atoms with Gasteiger partial charge in [0.05, 0.1) is 31.1 Å². The van der Waals surface area contributed by atoms with Crippen molar-refractivity contribution in [2.24, 2.45) is 0 Å². The van der Waals surface area contributed by atoms with E-state index in [9.17, 15) is 0 Å². The lowest BCUT2D eigenvalue weighted by Crippen LogP contribution is -2.44. The van der Waals surface area contributed by atoms with E-state index >= 15 is 0 Å². The lowest BCUT2D eigenvalue weighted by atomic mass is 10.2. The van der Waals surface area contributed by atoms with Crippen molar-refractivity contribution in [3.05, 3.63) is 48.0 Å². The van der Waals surface area contributed by atoms with Crippen molar-refractivity contribution in [1.29, 1.82) is 0 Å². The molecule has 0 amide bonds. The predicted molar refractivity (Wildman–Crippen MR) is 107 cm³/mol. The lowest BCUT2D eigenvalue weighted by Gasteiger charge is -2.34. The highest BCUT2D eigenvalue weighted by molar-refractivity contribution is 5.71. The number of aromatic nitrogens is 6. The standard InChI is InChI=1S/C20H23N7O/c1-13-4-5-14(2)26(13)17-10-19(25-8-9-28-12-15(25)3)24-27-18(17)11-21-20(27)16-6-7-22-23-16/h4-7,10-11,15H,8-9,12H2,1-3H3,(H,22,23). The first-order chi connectivity index (χ1) is 13.6. The summed E-state index contributed by atoms with van der Waals surface area (Å²) in [6, 6.07) is 8.60. The molecule has 144 valence electrons. The fourth-order valence-corrected chi connectivity index (χ4v) is 3.95. The summed E-state index contributed by atoms with van der Waals surface area (Å²) >= 11 is 0. The Kier molecular flexibility index (Phi) is 3.94. The molecule has 0 saturated carbocycles. The summed E-state index contributed by atoms with van der Waals surface area (Å²) in [6.07, 6.45) is 3.61. The van der Waals surface area contributed by atoms with Crippen molar-refractivity contribution < 1.29 is 4.74 Å². The highest BCUT2D eigenvalue weighted by Gasteiger charge is 2.24. The van der Waals surface area contributed by atoms with Crippen LogP contribution in [-0.2, 0) is 4.74 Å². The summed E-state index contributed by atoms with van der Waals surface area (Å²) in [5.41, 5.74) is 5.22. The maximum atomic E-state index is 5.62. The number of aryl methyl sites for hydroxylation is 2. The third kappa shape index (κ3) is 2.60. The lowest BCUT2D eigenvalue weighted by molar-refractivity contribution is 0.0984. The molecule has 4 aromatic heterocycles. The third-order valence-corrected chi connectivity index (χ3v) is 5.38. The number of H-pyrrole nitrogens is 1. The van der Waals surface area contributed by atoms with E-state index in [1.54, 1.807) is 6.20 Å². The smallest absolute Gasteiger partial charge is 0.179 e. The molecule has 0 spiro atoms. The summed E-state index contributed by atoms with van der Waals surface area (Å²) in [5.74, 6) is 1.67. The first-order valence-electron chi connectivity index (χ1n) is 9.51. The number of nitrogens with one attached hydrogen (secondary N) is 1. The number of imidazole rings is 1. The number of hydrogen-bond donors (Lipinski definition) is 1. The number of rotatable bonds is 3. The van der Waals surface area contributed by atoms with Gasteiger partial charge in [0.2, 0.25) is 0 Å². The van der Waals surface area contributed by atoms with E-state index in [-0.39, 0.29) is 6.04 Å². The average molecular weight is 377 g/mol. The van der Waals surface area contributed by atoms with Crippen LogP contribution in [0.3, 0.4) is 0 Å². The zero-order chi connectivity index (χ0) is 19.3. The summed E-state index contributed by atoms with van der Waals surface area (Å²) in [6.45, 7) is 8.63. The fourth-order valence-electron chi connectivity index (χ4n) is 3.95. The second-order valence-electron chi connectivity index (χ2n) is 7.31. The fraction of sp³-hybridized carbons (Fsp3) is 0.350. The second-order valence-corrected chi connectivity index (χ2v) is 7.31. The molecule has 4 aromatic rings. The van der Waals surface area contributed by atoms with Crippen molar-refractivity contribution in [3.8, 4) is 17.2 Å². The second kappa shape index (κ2) is 6.49. The van der Waals surface area contributed by atoms with Crippen LogP contribution >= 0.6 is 0 Å². The van der Waals surface area contributed by atoms with Crippen molar-refractivity contribution in [2.75, 3.05) is 24.7 Å². The van der Waals surface area contributed by atoms with Gasteiger partial charge >= 0.3 is 0 Å². The molecule has 1 fully saturated rings. The number of aromatic amines is 1. The molecule has 0 radical (unpaired) electrons. The van der Waals surface area contributed by atoms with E-state index in [1.807, 2.05) is 16.8 Å². The normalized spacial score (nSPS) is 17.5. The Morgan fingerprint density at radius 1 is 1.18 bits per heavy atom. The molecule has 0 aromatic carbocycles. The molecule has 0 bridgehead atoms. The van der Waals surface area contributed by atoms with Gasteiger partial charge in [0.25, 0.3) is 0 Å². The Hall–Kier alpha value is -3.13. The number of morpholine rings is 1. The molecule has 8 heteroatoms. The SMILES string of the molecule is Cc1ccc(C)n1-c1cc(N2CCOCC2C)nn2c(-c3ccn[nH]3)ncc12. The highest BCUT2D eigenvalue weighted by Crippen LogP contribution is 2.29. The van der Waals surface area contributed by atoms with E-state index in [2.05, 4.69) is 63.6 Å². The largest absolute Gasteiger partial charge is 0.377 e. The van der Waals surface area contributed by atoms with E-state index < -0.39 is 0 Å². The highest BCUT2D eigenvalue weighted by atomic mass is 16.5. The Morgan fingerprint density at radius 3 is 2.71 bits per heavy atom. The molecular weight excluding hydrogens is 354 g/mol. The maximum Gasteiger partial charge on any atom is 0.179 e. The quantitative estimate of drug-likeness (QED) is 0.594. The monoisotopic (exact) mass is 377 g/mol. The number of hydrogen-bond acceptors (Lipinski definition) is 5. The third-order valence-electron chi connectivity index (χ3n) is 5.38. The number of ether oxygens (including phenoxy) is 1. The molecule has 8 nitrogen and oxygen atoms in total. The van der Waals surface area contributed by atoms with Gasteiger partial charge in [-0.25, -0.2) is 9.50 Å². The van der Waals surface area contributed by atoms with Gasteiger partial charge in [0.15, 0.2) is 11.6 Å².